The van der Waals surface area contributed by atoms with Crippen molar-refractivity contribution in [2.24, 2.45) is 0 Å². The Balaban J connectivity index is 0. The molecule has 0 radical (unpaired) electrons. The Bertz CT molecular complexity index is 564. The van der Waals surface area contributed by atoms with Crippen LogP contribution in [0.1, 0.15) is 219 Å². The van der Waals surface area contributed by atoms with E-state index in [2.05, 4.69) is 38.0 Å². The predicted octanol–water partition coefficient (Wildman–Crippen LogP) is 12.6. The van der Waals surface area contributed by atoms with Gasteiger partial charge in [-0.15, -0.1) is 0 Å². The first-order valence-corrected chi connectivity index (χ1v) is 20.9. The van der Waals surface area contributed by atoms with E-state index in [0.717, 1.165) is 76.0 Å². The van der Waals surface area contributed by atoms with Gasteiger partial charge in [-0.05, 0) is 51.4 Å². The molecule has 0 aliphatic carbocycles. The standard InChI is InChI=1S/2C21H43NO2/c2*1-3-4-5-6-7-8-9-10-11-12-13-14-17-20-24-22-21(2)18-15-16-19-23/h2*22-23H,2-20H2,1H3. The Kier molecular flexibility index (Phi) is 46.9. The lowest BCUT2D eigenvalue weighted by molar-refractivity contribution is 0.0574. The minimum absolute atomic E-state index is 0.257. The number of aliphatic hydroxyl groups excluding tert-OH is 2. The number of hydrogen-bond donors (Lipinski definition) is 4. The third-order valence-corrected chi connectivity index (χ3v) is 8.91. The van der Waals surface area contributed by atoms with Gasteiger partial charge in [-0.3, -0.25) is 20.6 Å². The number of nitrogens with one attached hydrogen (secondary N) is 2. The summed E-state index contributed by atoms with van der Waals surface area (Å²) in [6.07, 6.45) is 41.0. The molecule has 0 saturated carbocycles. The molecule has 0 fully saturated rings. The maximum absolute atomic E-state index is 8.71. The van der Waals surface area contributed by atoms with Crippen molar-refractivity contribution >= 4 is 0 Å². The maximum Gasteiger partial charge on any atom is 0.0745 e. The average Bonchev–Trinajstić information content (AvgIpc) is 3.08. The van der Waals surface area contributed by atoms with Crippen molar-refractivity contribution in [1.82, 2.24) is 11.0 Å². The van der Waals surface area contributed by atoms with E-state index in [9.17, 15) is 0 Å². The van der Waals surface area contributed by atoms with Crippen LogP contribution in [0.5, 0.6) is 0 Å². The molecule has 0 aromatic carbocycles. The topological polar surface area (TPSA) is 83.0 Å². The SMILES string of the molecule is C=C(CCCCO)NOCCCCCCCCCCCCCCC.C=C(CCCCO)NOCCCCCCCCCCCCCCC. The molecule has 0 aromatic heterocycles. The van der Waals surface area contributed by atoms with Crippen molar-refractivity contribution < 1.29 is 19.9 Å². The van der Waals surface area contributed by atoms with E-state index in [0.29, 0.717) is 0 Å². The lowest BCUT2D eigenvalue weighted by atomic mass is 10.0. The number of hydrogen-bond acceptors (Lipinski definition) is 6. The molecule has 0 heterocycles. The smallest absolute Gasteiger partial charge is 0.0745 e. The second-order valence-corrected chi connectivity index (χ2v) is 14.0. The summed E-state index contributed by atoms with van der Waals surface area (Å²) in [5.41, 5.74) is 7.65. The van der Waals surface area contributed by atoms with Crippen molar-refractivity contribution in [1.29, 1.82) is 0 Å². The van der Waals surface area contributed by atoms with Gasteiger partial charge in [0.25, 0.3) is 0 Å². The van der Waals surface area contributed by atoms with Crippen molar-refractivity contribution in [3.05, 3.63) is 24.6 Å². The van der Waals surface area contributed by atoms with Gasteiger partial charge >= 0.3 is 0 Å². The molecule has 0 aromatic rings. The quantitative estimate of drug-likeness (QED) is 0.0380. The van der Waals surface area contributed by atoms with Crippen LogP contribution in [0.25, 0.3) is 0 Å². The summed E-state index contributed by atoms with van der Waals surface area (Å²) in [4.78, 5) is 10.8. The Morgan fingerprint density at radius 3 is 0.875 bits per heavy atom. The van der Waals surface area contributed by atoms with Gasteiger partial charge in [0.15, 0.2) is 0 Å². The van der Waals surface area contributed by atoms with Gasteiger partial charge in [-0.1, -0.05) is 181 Å². The lowest BCUT2D eigenvalue weighted by Gasteiger charge is -2.09. The van der Waals surface area contributed by atoms with Gasteiger partial charge in [0.2, 0.25) is 0 Å². The lowest BCUT2D eigenvalue weighted by Crippen LogP contribution is -2.14. The second kappa shape index (κ2) is 45.9. The number of aliphatic hydroxyl groups is 2. The molecule has 0 bridgehead atoms. The molecule has 0 amide bonds. The van der Waals surface area contributed by atoms with Crippen molar-refractivity contribution in [2.75, 3.05) is 26.4 Å². The van der Waals surface area contributed by atoms with Gasteiger partial charge in [0.05, 0.1) is 13.2 Å². The Morgan fingerprint density at radius 1 is 0.375 bits per heavy atom. The van der Waals surface area contributed by atoms with E-state index in [1.165, 1.54) is 154 Å². The maximum atomic E-state index is 8.71. The summed E-state index contributed by atoms with van der Waals surface area (Å²) in [5, 5.41) is 17.4. The predicted molar refractivity (Wildman–Crippen MR) is 210 cm³/mol. The summed E-state index contributed by atoms with van der Waals surface area (Å²) in [5.74, 6) is 0. The fourth-order valence-corrected chi connectivity index (χ4v) is 5.69. The highest BCUT2D eigenvalue weighted by atomic mass is 16.6. The zero-order valence-electron chi connectivity index (χ0n) is 32.6. The molecule has 48 heavy (non-hydrogen) atoms. The third-order valence-electron chi connectivity index (χ3n) is 8.91. The monoisotopic (exact) mass is 683 g/mol. The number of allylic oxidation sites excluding steroid dienone is 2. The minimum Gasteiger partial charge on any atom is -0.396 e. The van der Waals surface area contributed by atoms with Crippen LogP contribution >= 0.6 is 0 Å². The third kappa shape index (κ3) is 47.0. The molecular weight excluding hydrogens is 596 g/mol. The minimum atomic E-state index is 0.257. The van der Waals surface area contributed by atoms with Crippen molar-refractivity contribution in [3.8, 4) is 0 Å². The second-order valence-electron chi connectivity index (χ2n) is 14.0. The van der Waals surface area contributed by atoms with E-state index < -0.39 is 0 Å². The zero-order chi connectivity index (χ0) is 35.4. The van der Waals surface area contributed by atoms with Crippen molar-refractivity contribution in [3.63, 3.8) is 0 Å². The molecule has 0 spiro atoms. The molecule has 0 aliphatic rings. The van der Waals surface area contributed by atoms with E-state index in [4.69, 9.17) is 19.9 Å². The molecule has 288 valence electrons. The summed E-state index contributed by atoms with van der Waals surface area (Å²) in [6.45, 7) is 14.4. The van der Waals surface area contributed by atoms with Gasteiger partial charge in [0, 0.05) is 24.6 Å². The van der Waals surface area contributed by atoms with Gasteiger partial charge in [0.1, 0.15) is 0 Å². The van der Waals surface area contributed by atoms with Crippen LogP contribution in [0.4, 0.5) is 0 Å². The Morgan fingerprint density at radius 2 is 0.625 bits per heavy atom. The molecule has 0 rings (SSSR count). The number of unbranched alkanes of at least 4 members (excludes halogenated alkanes) is 26. The largest absolute Gasteiger partial charge is 0.396 e. The van der Waals surface area contributed by atoms with Crippen LogP contribution in [-0.2, 0) is 9.68 Å². The molecule has 6 nitrogen and oxygen atoms in total. The van der Waals surface area contributed by atoms with Gasteiger partial charge < -0.3 is 10.2 Å². The zero-order valence-corrected chi connectivity index (χ0v) is 32.6. The summed E-state index contributed by atoms with van der Waals surface area (Å²) < 4.78 is 0. The first-order valence-electron chi connectivity index (χ1n) is 20.9. The average molecular weight is 683 g/mol. The van der Waals surface area contributed by atoms with Crippen LogP contribution in [0.2, 0.25) is 0 Å². The molecule has 0 unspecified atom stereocenters. The normalized spacial score (nSPS) is 10.9. The van der Waals surface area contributed by atoms with Crippen LogP contribution in [0.15, 0.2) is 24.6 Å². The molecule has 6 heteroatoms. The van der Waals surface area contributed by atoms with Crippen LogP contribution in [0, 0.1) is 0 Å². The van der Waals surface area contributed by atoms with E-state index in [-0.39, 0.29) is 13.2 Å². The van der Waals surface area contributed by atoms with Crippen LogP contribution in [-0.4, -0.2) is 36.6 Å². The fraction of sp³-hybridized carbons (Fsp3) is 0.905. The molecular formula is C42H86N2O4. The van der Waals surface area contributed by atoms with E-state index in [1.54, 1.807) is 0 Å². The van der Waals surface area contributed by atoms with Gasteiger partial charge in [-0.25, -0.2) is 0 Å². The fourth-order valence-electron chi connectivity index (χ4n) is 5.69. The molecule has 0 aliphatic heterocycles. The number of rotatable bonds is 40. The summed E-state index contributed by atoms with van der Waals surface area (Å²) >= 11 is 0. The highest BCUT2D eigenvalue weighted by Gasteiger charge is 1.98. The van der Waals surface area contributed by atoms with E-state index >= 15 is 0 Å². The highest BCUT2D eigenvalue weighted by molar-refractivity contribution is 4.87. The summed E-state index contributed by atoms with van der Waals surface area (Å²) in [6, 6.07) is 0. The molecule has 0 saturated heterocycles. The summed E-state index contributed by atoms with van der Waals surface area (Å²) in [7, 11) is 0. The van der Waals surface area contributed by atoms with Gasteiger partial charge in [-0.2, -0.15) is 0 Å². The molecule has 4 N–H and O–H groups in total. The van der Waals surface area contributed by atoms with Crippen LogP contribution < -0.4 is 11.0 Å². The molecule has 0 atom stereocenters. The number of hydroxylamine groups is 2. The first-order chi connectivity index (χ1) is 23.6. The highest BCUT2D eigenvalue weighted by Crippen LogP contribution is 2.14. The Hall–Kier alpha value is -1.08. The first kappa shape index (κ1) is 49.0. The van der Waals surface area contributed by atoms with Crippen molar-refractivity contribution in [2.45, 2.75) is 219 Å². The van der Waals surface area contributed by atoms with Crippen LogP contribution in [0.3, 0.4) is 0 Å². The Labute approximate surface area is 300 Å². The van der Waals surface area contributed by atoms with E-state index in [1.807, 2.05) is 0 Å².